The molecule has 0 bridgehead atoms. The topological polar surface area (TPSA) is 132 Å². The zero-order chi connectivity index (χ0) is 28.2. The average molecular weight is 529 g/mol. The largest absolute Gasteiger partial charge is 0.387 e. The fraction of sp³-hybridized carbons (Fsp3) is 0.276. The van der Waals surface area contributed by atoms with Gasteiger partial charge in [0, 0.05) is 18.3 Å². The number of fused-ring (bicyclic) bond motifs is 1. The number of benzene rings is 1. The van der Waals surface area contributed by atoms with Crippen molar-refractivity contribution in [2.24, 2.45) is 0 Å². The number of aliphatic hydroxyl groups is 1. The molecular weight excluding hydrogens is 499 g/mol. The Bertz CT molecular complexity index is 1570. The highest BCUT2D eigenvalue weighted by Gasteiger charge is 2.27. The molecule has 3 N–H and O–H groups in total. The van der Waals surface area contributed by atoms with Crippen molar-refractivity contribution in [1.29, 1.82) is 5.26 Å². The Morgan fingerprint density at radius 2 is 1.97 bits per heavy atom. The fourth-order valence-corrected chi connectivity index (χ4v) is 3.94. The SMILES string of the molecule is CC(=O)CCc1cccc(Nc2cc(-c3ccc4cc(C#N)cnn34)ncc2C(=O)NC[C@@H](F)C(C)(C)O)c1. The van der Waals surface area contributed by atoms with E-state index in [-0.39, 0.29) is 17.9 Å². The number of nitrogens with one attached hydrogen (secondary N) is 2. The Hall–Kier alpha value is -4.62. The molecule has 1 amide bonds. The van der Waals surface area contributed by atoms with Crippen LogP contribution in [-0.4, -0.2) is 49.7 Å². The molecule has 3 aromatic heterocycles. The highest BCUT2D eigenvalue weighted by atomic mass is 19.1. The number of alkyl halides is 1. The molecule has 0 radical (unpaired) electrons. The van der Waals surface area contributed by atoms with Gasteiger partial charge in [-0.1, -0.05) is 12.1 Å². The van der Waals surface area contributed by atoms with E-state index in [1.54, 1.807) is 23.6 Å². The average Bonchev–Trinajstić information content (AvgIpc) is 3.33. The number of rotatable bonds is 10. The van der Waals surface area contributed by atoms with Crippen molar-refractivity contribution >= 4 is 28.6 Å². The standard InChI is InChI=1S/C29H29FN6O3/c1-18(37)7-8-19-5-4-6-21(11-19)35-24-13-25(26-10-9-22-12-20(14-31)15-34-36(22)26)32-16-23(24)28(38)33-17-27(30)29(2,3)39/h4-6,9-13,15-16,27,39H,7-8,17H2,1-3H3,(H,32,35)(H,33,38)/t27-/m1/s1. The van der Waals surface area contributed by atoms with Crippen molar-refractivity contribution in [2.45, 2.75) is 45.4 Å². The number of hydrogen-bond acceptors (Lipinski definition) is 7. The van der Waals surface area contributed by atoms with Crippen molar-refractivity contribution < 1.29 is 19.1 Å². The summed E-state index contributed by atoms with van der Waals surface area (Å²) in [5, 5.41) is 29.2. The molecule has 0 fully saturated rings. The molecule has 0 saturated carbocycles. The fourth-order valence-electron chi connectivity index (χ4n) is 3.94. The Labute approximate surface area is 225 Å². The van der Waals surface area contributed by atoms with E-state index in [1.165, 1.54) is 26.2 Å². The number of nitrogens with zero attached hydrogens (tertiary/aromatic N) is 4. The number of aromatic nitrogens is 3. The minimum Gasteiger partial charge on any atom is -0.387 e. The smallest absolute Gasteiger partial charge is 0.255 e. The van der Waals surface area contributed by atoms with Crippen LogP contribution in [-0.2, 0) is 11.2 Å². The number of halogens is 1. The zero-order valence-electron chi connectivity index (χ0n) is 21.9. The lowest BCUT2D eigenvalue weighted by Gasteiger charge is -2.22. The van der Waals surface area contributed by atoms with E-state index in [0.29, 0.717) is 46.7 Å². The van der Waals surface area contributed by atoms with Crippen molar-refractivity contribution in [3.63, 3.8) is 0 Å². The van der Waals surface area contributed by atoms with Gasteiger partial charge in [-0.05, 0) is 69.2 Å². The molecule has 39 heavy (non-hydrogen) atoms. The third-order valence-corrected chi connectivity index (χ3v) is 6.22. The van der Waals surface area contributed by atoms with Crippen LogP contribution in [0.1, 0.15) is 48.7 Å². The van der Waals surface area contributed by atoms with E-state index in [0.717, 1.165) is 5.56 Å². The Kier molecular flexibility index (Phi) is 8.02. The molecule has 10 heteroatoms. The second kappa shape index (κ2) is 11.4. The quantitative estimate of drug-likeness (QED) is 0.278. The molecule has 4 aromatic rings. The summed E-state index contributed by atoms with van der Waals surface area (Å²) in [7, 11) is 0. The molecular formula is C29H29FN6O3. The van der Waals surface area contributed by atoms with Crippen LogP contribution >= 0.6 is 0 Å². The van der Waals surface area contributed by atoms with Crippen LogP contribution in [0.4, 0.5) is 15.8 Å². The van der Waals surface area contributed by atoms with Crippen molar-refractivity contribution in [1.82, 2.24) is 19.9 Å². The van der Waals surface area contributed by atoms with Crippen molar-refractivity contribution in [2.75, 3.05) is 11.9 Å². The van der Waals surface area contributed by atoms with Crippen LogP contribution in [0.25, 0.3) is 16.9 Å². The molecule has 1 aromatic carbocycles. The number of ketones is 1. The summed E-state index contributed by atoms with van der Waals surface area (Å²) in [6.45, 7) is 3.84. The van der Waals surface area contributed by atoms with E-state index in [4.69, 9.17) is 0 Å². The molecule has 200 valence electrons. The Morgan fingerprint density at radius 1 is 1.18 bits per heavy atom. The summed E-state index contributed by atoms with van der Waals surface area (Å²) >= 11 is 0. The lowest BCUT2D eigenvalue weighted by Crippen LogP contribution is -2.42. The molecule has 1 atom stereocenters. The first-order valence-electron chi connectivity index (χ1n) is 12.4. The van der Waals surface area contributed by atoms with Crippen molar-refractivity contribution in [3.8, 4) is 17.5 Å². The monoisotopic (exact) mass is 528 g/mol. The minimum atomic E-state index is -1.67. The molecule has 9 nitrogen and oxygen atoms in total. The third-order valence-electron chi connectivity index (χ3n) is 6.22. The van der Waals surface area contributed by atoms with Crippen LogP contribution < -0.4 is 10.6 Å². The van der Waals surface area contributed by atoms with E-state index in [2.05, 4.69) is 26.8 Å². The predicted octanol–water partition coefficient (Wildman–Crippen LogP) is 4.37. The maximum absolute atomic E-state index is 14.3. The van der Waals surface area contributed by atoms with Crippen LogP contribution in [0.2, 0.25) is 0 Å². The number of hydrogen-bond donors (Lipinski definition) is 3. The lowest BCUT2D eigenvalue weighted by molar-refractivity contribution is -0.116. The molecule has 3 heterocycles. The summed E-state index contributed by atoms with van der Waals surface area (Å²) in [5.74, 6) is -0.466. The van der Waals surface area contributed by atoms with Gasteiger partial charge < -0.3 is 20.5 Å². The van der Waals surface area contributed by atoms with Gasteiger partial charge in [0.1, 0.15) is 18.0 Å². The lowest BCUT2D eigenvalue weighted by atomic mass is 10.0. The zero-order valence-corrected chi connectivity index (χ0v) is 21.9. The second-order valence-corrected chi connectivity index (χ2v) is 9.89. The number of aryl methyl sites for hydroxylation is 1. The maximum atomic E-state index is 14.3. The van der Waals surface area contributed by atoms with Crippen LogP contribution in [0.3, 0.4) is 0 Å². The predicted molar refractivity (Wildman–Crippen MR) is 145 cm³/mol. The van der Waals surface area contributed by atoms with E-state index in [1.807, 2.05) is 36.4 Å². The number of anilines is 2. The Balaban J connectivity index is 1.70. The second-order valence-electron chi connectivity index (χ2n) is 9.89. The van der Waals surface area contributed by atoms with E-state index in [9.17, 15) is 24.3 Å². The van der Waals surface area contributed by atoms with Gasteiger partial charge in [0.25, 0.3) is 5.91 Å². The van der Waals surface area contributed by atoms with Gasteiger partial charge in [-0.25, -0.2) is 8.91 Å². The van der Waals surface area contributed by atoms with Gasteiger partial charge in [-0.3, -0.25) is 9.78 Å². The van der Waals surface area contributed by atoms with Gasteiger partial charge >= 0.3 is 0 Å². The molecule has 0 aliphatic rings. The molecule has 0 aliphatic heterocycles. The first-order valence-corrected chi connectivity index (χ1v) is 12.4. The summed E-state index contributed by atoms with van der Waals surface area (Å²) in [4.78, 5) is 29.0. The normalized spacial score (nSPS) is 12.1. The van der Waals surface area contributed by atoms with Crippen LogP contribution in [0.15, 0.2) is 60.9 Å². The Morgan fingerprint density at radius 3 is 2.69 bits per heavy atom. The van der Waals surface area contributed by atoms with Gasteiger partial charge in [0.05, 0.1) is 52.1 Å². The van der Waals surface area contributed by atoms with Crippen LogP contribution in [0, 0.1) is 11.3 Å². The van der Waals surface area contributed by atoms with E-state index >= 15 is 0 Å². The summed E-state index contributed by atoms with van der Waals surface area (Å²) in [6.07, 6.45) is 2.19. The number of carbonyl (C=O) groups is 2. The van der Waals surface area contributed by atoms with Gasteiger partial charge in [-0.2, -0.15) is 10.4 Å². The van der Waals surface area contributed by atoms with Gasteiger partial charge in [0.2, 0.25) is 0 Å². The number of carbonyl (C=O) groups excluding carboxylic acids is 2. The van der Waals surface area contributed by atoms with Gasteiger partial charge in [-0.15, -0.1) is 0 Å². The van der Waals surface area contributed by atoms with Gasteiger partial charge in [0.15, 0.2) is 0 Å². The first-order chi connectivity index (χ1) is 18.5. The van der Waals surface area contributed by atoms with Crippen LogP contribution in [0.5, 0.6) is 0 Å². The molecule has 4 rings (SSSR count). The molecule has 0 saturated heterocycles. The number of pyridine rings is 1. The molecule has 0 spiro atoms. The summed E-state index contributed by atoms with van der Waals surface area (Å²) < 4.78 is 16.0. The first kappa shape index (κ1) is 27.4. The highest BCUT2D eigenvalue weighted by molar-refractivity contribution is 6.00. The summed E-state index contributed by atoms with van der Waals surface area (Å²) in [6, 6.07) is 16.6. The molecule has 0 unspecified atom stereocenters. The minimum absolute atomic E-state index is 0.0956. The number of Topliss-reactive ketones (excluding diaryl/α,β-unsaturated/α-hetero) is 1. The van der Waals surface area contributed by atoms with E-state index < -0.39 is 17.7 Å². The number of nitriles is 1. The molecule has 0 aliphatic carbocycles. The van der Waals surface area contributed by atoms with Crippen molar-refractivity contribution in [3.05, 3.63) is 77.6 Å². The number of amides is 1. The highest BCUT2D eigenvalue weighted by Crippen LogP contribution is 2.28. The maximum Gasteiger partial charge on any atom is 0.255 e. The third kappa shape index (κ3) is 6.64. The summed E-state index contributed by atoms with van der Waals surface area (Å²) in [5.41, 5.74) is 2.93.